The summed E-state index contributed by atoms with van der Waals surface area (Å²) < 4.78 is 5.30. The molecular formula is C12H24N2O3. The van der Waals surface area contributed by atoms with Gasteiger partial charge in [0.1, 0.15) is 5.60 Å². The van der Waals surface area contributed by atoms with Crippen LogP contribution in [-0.2, 0) is 9.53 Å². The molecule has 100 valence electrons. The molecule has 0 radical (unpaired) electrons. The van der Waals surface area contributed by atoms with Gasteiger partial charge >= 0.3 is 0 Å². The first-order chi connectivity index (χ1) is 7.52. The van der Waals surface area contributed by atoms with Gasteiger partial charge in [-0.15, -0.1) is 0 Å². The van der Waals surface area contributed by atoms with Crippen molar-refractivity contribution in [1.82, 2.24) is 5.32 Å². The summed E-state index contributed by atoms with van der Waals surface area (Å²) in [5.41, 5.74) is -0.838. The normalized spacial score (nSPS) is 17.5. The van der Waals surface area contributed by atoms with Gasteiger partial charge in [-0.05, 0) is 27.7 Å². The second kappa shape index (κ2) is 6.00. The molecule has 0 atom stereocenters. The van der Waals surface area contributed by atoms with Gasteiger partial charge in [-0.3, -0.25) is 9.79 Å². The second-order valence-corrected chi connectivity index (χ2v) is 5.42. The van der Waals surface area contributed by atoms with Crippen LogP contribution < -0.4 is 5.32 Å². The molecular weight excluding hydrogens is 220 g/mol. The van der Waals surface area contributed by atoms with E-state index < -0.39 is 5.60 Å². The van der Waals surface area contributed by atoms with E-state index in [1.807, 2.05) is 20.8 Å². The summed E-state index contributed by atoms with van der Waals surface area (Å²) in [7, 11) is 0. The van der Waals surface area contributed by atoms with Gasteiger partial charge in [0, 0.05) is 20.4 Å². The van der Waals surface area contributed by atoms with E-state index >= 15 is 0 Å². The Balaban J connectivity index is 0.000000302. The predicted molar refractivity (Wildman–Crippen MR) is 68.1 cm³/mol. The topological polar surface area (TPSA) is 70.9 Å². The van der Waals surface area contributed by atoms with Crippen molar-refractivity contribution in [1.29, 1.82) is 0 Å². The molecule has 0 aromatic heterocycles. The average molecular weight is 244 g/mol. The van der Waals surface area contributed by atoms with Crippen LogP contribution in [0.15, 0.2) is 4.99 Å². The Morgan fingerprint density at radius 1 is 1.59 bits per heavy atom. The minimum Gasteiger partial charge on any atom is -0.473 e. The largest absolute Gasteiger partial charge is 0.473 e. The third kappa shape index (κ3) is 9.81. The molecule has 0 saturated carbocycles. The summed E-state index contributed by atoms with van der Waals surface area (Å²) in [6, 6.07) is 0. The quantitative estimate of drug-likeness (QED) is 0.764. The van der Waals surface area contributed by atoms with Gasteiger partial charge in [0.2, 0.25) is 5.91 Å². The highest BCUT2D eigenvalue weighted by atomic mass is 16.5. The number of aliphatic imine (C=N–C) groups is 1. The molecule has 5 heteroatoms. The molecule has 1 heterocycles. The first-order valence-corrected chi connectivity index (χ1v) is 5.69. The predicted octanol–water partition coefficient (Wildman–Crippen LogP) is 1.11. The van der Waals surface area contributed by atoms with Crippen LogP contribution in [0.4, 0.5) is 0 Å². The average Bonchev–Trinajstić information content (AvgIpc) is 2.41. The number of carbonyl (C=O) groups is 1. The zero-order valence-corrected chi connectivity index (χ0v) is 11.6. The van der Waals surface area contributed by atoms with Crippen LogP contribution in [-0.4, -0.2) is 41.2 Å². The first-order valence-electron chi connectivity index (χ1n) is 5.69. The Morgan fingerprint density at radius 3 is 2.24 bits per heavy atom. The maximum atomic E-state index is 10.3. The van der Waals surface area contributed by atoms with Crippen LogP contribution >= 0.6 is 0 Å². The van der Waals surface area contributed by atoms with Gasteiger partial charge in [0.25, 0.3) is 0 Å². The van der Waals surface area contributed by atoms with Crippen molar-refractivity contribution in [3.05, 3.63) is 0 Å². The van der Waals surface area contributed by atoms with Gasteiger partial charge in [-0.2, -0.15) is 0 Å². The molecule has 17 heavy (non-hydrogen) atoms. The molecule has 0 unspecified atom stereocenters. The Hall–Kier alpha value is -1.10. The summed E-state index contributed by atoms with van der Waals surface area (Å²) >= 11 is 0. The van der Waals surface area contributed by atoms with Crippen molar-refractivity contribution in [2.24, 2.45) is 4.99 Å². The second-order valence-electron chi connectivity index (χ2n) is 5.42. The van der Waals surface area contributed by atoms with E-state index in [-0.39, 0.29) is 11.5 Å². The van der Waals surface area contributed by atoms with Crippen LogP contribution in [0.2, 0.25) is 0 Å². The molecule has 0 fully saturated rings. The van der Waals surface area contributed by atoms with Crippen LogP contribution in [0, 0.1) is 0 Å². The number of ether oxygens (including phenoxy) is 1. The Bertz CT molecular complexity index is 291. The molecule has 5 nitrogen and oxygen atoms in total. The fourth-order valence-electron chi connectivity index (χ4n) is 1.11. The highest BCUT2D eigenvalue weighted by Crippen LogP contribution is 2.15. The molecule has 1 aliphatic heterocycles. The van der Waals surface area contributed by atoms with Crippen LogP contribution in [0.5, 0.6) is 0 Å². The number of aliphatic hydroxyl groups is 1. The molecule has 1 rings (SSSR count). The third-order valence-electron chi connectivity index (χ3n) is 1.88. The van der Waals surface area contributed by atoms with Gasteiger partial charge in [0.05, 0.1) is 12.1 Å². The van der Waals surface area contributed by atoms with Crippen molar-refractivity contribution < 1.29 is 14.6 Å². The number of amides is 1. The SMILES string of the molecule is CC(=O)NCC(C)(C)O.CC1=NCC(C)(C)O1. The summed E-state index contributed by atoms with van der Waals surface area (Å²) in [5.74, 6) is 0.701. The molecule has 2 N–H and O–H groups in total. The van der Waals surface area contributed by atoms with Gasteiger partial charge < -0.3 is 15.2 Å². The van der Waals surface area contributed by atoms with Gasteiger partial charge in [-0.25, -0.2) is 0 Å². The minimum absolute atomic E-state index is 0.0376. The number of rotatable bonds is 2. The van der Waals surface area contributed by atoms with Crippen molar-refractivity contribution in [3.63, 3.8) is 0 Å². The van der Waals surface area contributed by atoms with Crippen molar-refractivity contribution in [2.45, 2.75) is 52.7 Å². The lowest BCUT2D eigenvalue weighted by Crippen LogP contribution is -2.36. The highest BCUT2D eigenvalue weighted by molar-refractivity contribution is 5.75. The summed E-state index contributed by atoms with van der Waals surface area (Å²) in [5, 5.41) is 11.5. The fraction of sp³-hybridized carbons (Fsp3) is 0.833. The maximum Gasteiger partial charge on any atom is 0.216 e. The molecule has 0 saturated heterocycles. The minimum atomic E-state index is -0.800. The van der Waals surface area contributed by atoms with Crippen molar-refractivity contribution >= 4 is 11.8 Å². The molecule has 1 amide bonds. The molecule has 0 spiro atoms. The smallest absolute Gasteiger partial charge is 0.216 e. The van der Waals surface area contributed by atoms with E-state index in [0.29, 0.717) is 6.54 Å². The molecule has 0 bridgehead atoms. The fourth-order valence-corrected chi connectivity index (χ4v) is 1.11. The number of hydrogen-bond donors (Lipinski definition) is 2. The van der Waals surface area contributed by atoms with E-state index in [0.717, 1.165) is 12.4 Å². The number of nitrogens with one attached hydrogen (secondary N) is 1. The van der Waals surface area contributed by atoms with Crippen molar-refractivity contribution in [2.75, 3.05) is 13.1 Å². The molecule has 0 aromatic rings. The highest BCUT2D eigenvalue weighted by Gasteiger charge is 2.24. The monoisotopic (exact) mass is 244 g/mol. The zero-order chi connectivity index (χ0) is 13.7. The van der Waals surface area contributed by atoms with E-state index in [1.165, 1.54) is 6.92 Å². The molecule has 1 aliphatic rings. The van der Waals surface area contributed by atoms with Crippen LogP contribution in [0.3, 0.4) is 0 Å². The van der Waals surface area contributed by atoms with Gasteiger partial charge in [-0.1, -0.05) is 0 Å². The van der Waals surface area contributed by atoms with Crippen LogP contribution in [0.1, 0.15) is 41.5 Å². The standard InChI is InChI=1S/C6H13NO2.C6H11NO/c1-5(8)7-4-6(2,3)9;1-5-7-4-6(2,3)8-5/h9H,4H2,1-3H3,(H,7,8);4H2,1-3H3. The number of hydrogen-bond acceptors (Lipinski definition) is 4. The van der Waals surface area contributed by atoms with E-state index in [2.05, 4.69) is 10.3 Å². The summed E-state index contributed by atoms with van der Waals surface area (Å²) in [6.07, 6.45) is 0. The maximum absolute atomic E-state index is 10.3. The lowest BCUT2D eigenvalue weighted by Gasteiger charge is -2.16. The summed E-state index contributed by atoms with van der Waals surface area (Å²) in [4.78, 5) is 14.4. The first kappa shape index (κ1) is 15.9. The Morgan fingerprint density at radius 2 is 2.12 bits per heavy atom. The Kier molecular flexibility index (Phi) is 5.61. The third-order valence-corrected chi connectivity index (χ3v) is 1.88. The molecule has 0 aliphatic carbocycles. The van der Waals surface area contributed by atoms with Crippen molar-refractivity contribution in [3.8, 4) is 0 Å². The summed E-state index contributed by atoms with van der Waals surface area (Å²) in [6.45, 7) is 11.8. The number of carbonyl (C=O) groups excluding carboxylic acids is 1. The lowest BCUT2D eigenvalue weighted by atomic mass is 10.1. The lowest BCUT2D eigenvalue weighted by molar-refractivity contribution is -0.119. The van der Waals surface area contributed by atoms with E-state index in [1.54, 1.807) is 13.8 Å². The van der Waals surface area contributed by atoms with E-state index in [4.69, 9.17) is 9.84 Å². The molecule has 0 aromatic carbocycles. The Labute approximate surface area is 103 Å². The number of nitrogens with zero attached hydrogens (tertiary/aromatic N) is 1. The van der Waals surface area contributed by atoms with Crippen LogP contribution in [0.25, 0.3) is 0 Å². The zero-order valence-electron chi connectivity index (χ0n) is 11.6. The van der Waals surface area contributed by atoms with Gasteiger partial charge in [0.15, 0.2) is 5.90 Å². The van der Waals surface area contributed by atoms with E-state index in [9.17, 15) is 4.79 Å².